The van der Waals surface area contributed by atoms with E-state index in [1.54, 1.807) is 30.3 Å². The molecule has 1 saturated heterocycles. The standard InChI is InChI=1S/C13H13NO5/c1-18-13(17)10-7-8-11(15)14(10)19-12(16)9-5-3-2-4-6-9/h2-6,10H,7-8H2,1H3/t10-/m1/s1. The van der Waals surface area contributed by atoms with E-state index in [1.807, 2.05) is 0 Å². The Balaban J connectivity index is 2.10. The highest BCUT2D eigenvalue weighted by atomic mass is 16.7. The summed E-state index contributed by atoms with van der Waals surface area (Å²) < 4.78 is 4.58. The van der Waals surface area contributed by atoms with Gasteiger partial charge in [0.1, 0.15) is 0 Å². The van der Waals surface area contributed by atoms with Crippen molar-refractivity contribution in [3.05, 3.63) is 35.9 Å². The van der Waals surface area contributed by atoms with Gasteiger partial charge in [0.15, 0.2) is 6.04 Å². The molecule has 0 unspecified atom stereocenters. The number of hydroxylamine groups is 2. The van der Waals surface area contributed by atoms with E-state index >= 15 is 0 Å². The van der Waals surface area contributed by atoms with Gasteiger partial charge in [-0.15, -0.1) is 0 Å². The number of esters is 1. The van der Waals surface area contributed by atoms with Crippen LogP contribution in [0, 0.1) is 0 Å². The molecule has 1 fully saturated rings. The Bertz CT molecular complexity index is 499. The zero-order valence-electron chi connectivity index (χ0n) is 10.4. The fourth-order valence-corrected chi connectivity index (χ4v) is 1.84. The molecule has 0 saturated carbocycles. The van der Waals surface area contributed by atoms with E-state index in [9.17, 15) is 14.4 Å². The molecule has 0 bridgehead atoms. The van der Waals surface area contributed by atoms with Gasteiger partial charge in [-0.25, -0.2) is 9.59 Å². The number of nitrogens with zero attached hydrogens (tertiary/aromatic N) is 1. The molecule has 1 aromatic rings. The number of methoxy groups -OCH3 is 1. The molecule has 19 heavy (non-hydrogen) atoms. The van der Waals surface area contributed by atoms with Crippen molar-refractivity contribution < 1.29 is 24.0 Å². The largest absolute Gasteiger partial charge is 0.467 e. The molecule has 100 valence electrons. The topological polar surface area (TPSA) is 72.9 Å². The normalized spacial score (nSPS) is 18.3. The fourth-order valence-electron chi connectivity index (χ4n) is 1.84. The number of carbonyl (C=O) groups is 3. The summed E-state index contributed by atoms with van der Waals surface area (Å²) in [4.78, 5) is 39.9. The number of hydrogen-bond donors (Lipinski definition) is 0. The fraction of sp³-hybridized carbons (Fsp3) is 0.308. The zero-order chi connectivity index (χ0) is 13.8. The maximum absolute atomic E-state index is 11.8. The van der Waals surface area contributed by atoms with Crippen LogP contribution in [-0.2, 0) is 19.2 Å². The lowest BCUT2D eigenvalue weighted by Crippen LogP contribution is -2.40. The van der Waals surface area contributed by atoms with Crippen molar-refractivity contribution in [3.8, 4) is 0 Å². The zero-order valence-corrected chi connectivity index (χ0v) is 10.4. The van der Waals surface area contributed by atoms with Gasteiger partial charge in [-0.1, -0.05) is 18.2 Å². The minimum atomic E-state index is -0.856. The maximum atomic E-state index is 11.8. The van der Waals surface area contributed by atoms with Crippen LogP contribution in [0.3, 0.4) is 0 Å². The van der Waals surface area contributed by atoms with Gasteiger partial charge >= 0.3 is 11.9 Å². The first-order valence-electron chi connectivity index (χ1n) is 5.80. The second-order valence-corrected chi connectivity index (χ2v) is 4.04. The molecule has 1 amide bonds. The first-order valence-corrected chi connectivity index (χ1v) is 5.80. The number of amides is 1. The molecular weight excluding hydrogens is 250 g/mol. The molecule has 1 aromatic carbocycles. The van der Waals surface area contributed by atoms with Crippen molar-refractivity contribution >= 4 is 17.8 Å². The molecule has 1 aliphatic rings. The van der Waals surface area contributed by atoms with Crippen LogP contribution in [0.1, 0.15) is 23.2 Å². The third-order valence-corrected chi connectivity index (χ3v) is 2.82. The molecule has 1 heterocycles. The van der Waals surface area contributed by atoms with Crippen molar-refractivity contribution in [1.29, 1.82) is 0 Å². The molecule has 0 aliphatic carbocycles. The number of hydrogen-bond acceptors (Lipinski definition) is 5. The van der Waals surface area contributed by atoms with E-state index < -0.39 is 23.9 Å². The highest BCUT2D eigenvalue weighted by molar-refractivity contribution is 5.92. The Labute approximate surface area is 109 Å². The third-order valence-electron chi connectivity index (χ3n) is 2.82. The van der Waals surface area contributed by atoms with Gasteiger partial charge in [0.2, 0.25) is 0 Å². The second kappa shape index (κ2) is 5.51. The Kier molecular flexibility index (Phi) is 3.79. The molecule has 0 aromatic heterocycles. The van der Waals surface area contributed by atoms with Crippen LogP contribution >= 0.6 is 0 Å². The third kappa shape index (κ3) is 2.73. The second-order valence-electron chi connectivity index (χ2n) is 4.04. The predicted octanol–water partition coefficient (Wildman–Crippen LogP) is 0.922. The van der Waals surface area contributed by atoms with Crippen LogP contribution in [0.2, 0.25) is 0 Å². The average Bonchev–Trinajstić information content (AvgIpc) is 2.80. The van der Waals surface area contributed by atoms with E-state index in [2.05, 4.69) is 4.74 Å². The lowest BCUT2D eigenvalue weighted by molar-refractivity contribution is -0.179. The van der Waals surface area contributed by atoms with E-state index in [1.165, 1.54) is 7.11 Å². The number of ether oxygens (including phenoxy) is 1. The van der Waals surface area contributed by atoms with E-state index in [0.717, 1.165) is 5.06 Å². The van der Waals surface area contributed by atoms with E-state index in [4.69, 9.17) is 4.84 Å². The van der Waals surface area contributed by atoms with Crippen LogP contribution < -0.4 is 0 Å². The molecule has 0 N–H and O–H groups in total. The Morgan fingerprint density at radius 1 is 1.26 bits per heavy atom. The minimum absolute atomic E-state index is 0.155. The Hall–Kier alpha value is -2.37. The quantitative estimate of drug-likeness (QED) is 0.758. The Morgan fingerprint density at radius 2 is 1.95 bits per heavy atom. The lowest BCUT2D eigenvalue weighted by Gasteiger charge is -2.20. The van der Waals surface area contributed by atoms with Crippen LogP contribution in [0.15, 0.2) is 30.3 Å². The summed E-state index contributed by atoms with van der Waals surface area (Å²) in [7, 11) is 1.22. The van der Waals surface area contributed by atoms with Crippen LogP contribution in [0.4, 0.5) is 0 Å². The average molecular weight is 263 g/mol. The highest BCUT2D eigenvalue weighted by Gasteiger charge is 2.40. The molecule has 0 spiro atoms. The van der Waals surface area contributed by atoms with Gasteiger partial charge in [0.05, 0.1) is 12.7 Å². The SMILES string of the molecule is COC(=O)[C@H]1CCC(=O)N1OC(=O)c1ccccc1. The van der Waals surface area contributed by atoms with Crippen molar-refractivity contribution in [2.75, 3.05) is 7.11 Å². The van der Waals surface area contributed by atoms with Crippen LogP contribution in [0.25, 0.3) is 0 Å². The van der Waals surface area contributed by atoms with Gasteiger partial charge in [-0.3, -0.25) is 4.79 Å². The van der Waals surface area contributed by atoms with Gasteiger partial charge in [-0.2, -0.15) is 5.06 Å². The van der Waals surface area contributed by atoms with E-state index in [0.29, 0.717) is 5.56 Å². The molecule has 2 rings (SSSR count). The van der Waals surface area contributed by atoms with Crippen LogP contribution in [0.5, 0.6) is 0 Å². The van der Waals surface area contributed by atoms with Crippen molar-refractivity contribution in [2.24, 2.45) is 0 Å². The maximum Gasteiger partial charge on any atom is 0.363 e. The number of carbonyl (C=O) groups excluding carboxylic acids is 3. The smallest absolute Gasteiger partial charge is 0.363 e. The van der Waals surface area contributed by atoms with Gasteiger partial charge in [0, 0.05) is 6.42 Å². The predicted molar refractivity (Wildman–Crippen MR) is 63.7 cm³/mol. The molecule has 6 nitrogen and oxygen atoms in total. The number of rotatable bonds is 3. The monoisotopic (exact) mass is 263 g/mol. The van der Waals surface area contributed by atoms with E-state index in [-0.39, 0.29) is 12.8 Å². The minimum Gasteiger partial charge on any atom is -0.467 e. The summed E-state index contributed by atoms with van der Waals surface area (Å²) in [5.41, 5.74) is 0.311. The Morgan fingerprint density at radius 3 is 2.58 bits per heavy atom. The lowest BCUT2D eigenvalue weighted by atomic mass is 10.2. The van der Waals surface area contributed by atoms with Gasteiger partial charge in [0.25, 0.3) is 5.91 Å². The summed E-state index contributed by atoms with van der Waals surface area (Å²) in [6.07, 6.45) is 0.440. The first-order chi connectivity index (χ1) is 9.13. The number of benzene rings is 1. The summed E-state index contributed by atoms with van der Waals surface area (Å²) in [6.45, 7) is 0. The first kappa shape index (κ1) is 13.1. The van der Waals surface area contributed by atoms with Crippen LogP contribution in [-0.4, -0.2) is 36.1 Å². The molecule has 1 aliphatic heterocycles. The molecule has 6 heteroatoms. The summed E-state index contributed by atoms with van der Waals surface area (Å²) >= 11 is 0. The van der Waals surface area contributed by atoms with Crippen molar-refractivity contribution in [1.82, 2.24) is 5.06 Å². The van der Waals surface area contributed by atoms with Crippen molar-refractivity contribution in [2.45, 2.75) is 18.9 Å². The summed E-state index contributed by atoms with van der Waals surface area (Å²) in [5.74, 6) is -1.67. The highest BCUT2D eigenvalue weighted by Crippen LogP contribution is 2.21. The molecule has 0 radical (unpaired) electrons. The van der Waals surface area contributed by atoms with Gasteiger partial charge < -0.3 is 9.57 Å². The molecular formula is C13H13NO5. The van der Waals surface area contributed by atoms with Crippen molar-refractivity contribution in [3.63, 3.8) is 0 Å². The van der Waals surface area contributed by atoms with Gasteiger partial charge in [-0.05, 0) is 18.6 Å². The molecule has 1 atom stereocenters. The summed E-state index contributed by atoms with van der Waals surface area (Å²) in [6, 6.07) is 7.40. The summed E-state index contributed by atoms with van der Waals surface area (Å²) in [5, 5.41) is 0.807.